The van der Waals surface area contributed by atoms with Crippen LogP contribution in [0.3, 0.4) is 0 Å². The number of nitrogens with one attached hydrogen (secondary N) is 1. The van der Waals surface area contributed by atoms with Crippen molar-refractivity contribution in [1.82, 2.24) is 5.32 Å². The van der Waals surface area contributed by atoms with E-state index in [9.17, 15) is 4.79 Å². The van der Waals surface area contributed by atoms with Crippen LogP contribution in [0.1, 0.15) is 21.0 Å². The van der Waals surface area contributed by atoms with Crippen molar-refractivity contribution in [1.29, 1.82) is 0 Å². The van der Waals surface area contributed by atoms with Crippen LogP contribution in [0.2, 0.25) is 0 Å². The molecule has 0 aliphatic rings. The van der Waals surface area contributed by atoms with Gasteiger partial charge in [-0.1, -0.05) is 11.8 Å². The molecule has 0 radical (unpaired) electrons. The van der Waals surface area contributed by atoms with Crippen LogP contribution in [0.4, 0.5) is 0 Å². The molecule has 0 spiro atoms. The molecule has 0 saturated heterocycles. The van der Waals surface area contributed by atoms with E-state index in [1.807, 2.05) is 6.26 Å². The average Bonchev–Trinajstić information content (AvgIpc) is 2.80. The number of aliphatic hydroxyl groups is 1. The van der Waals surface area contributed by atoms with E-state index in [2.05, 4.69) is 17.2 Å². The molecule has 1 heterocycles. The molecule has 0 bridgehead atoms. The lowest BCUT2D eigenvalue weighted by atomic mass is 10.4. The Balaban J connectivity index is 2.43. The molecular weight excluding hydrogens is 254 g/mol. The lowest BCUT2D eigenvalue weighted by Crippen LogP contribution is -2.23. The highest BCUT2D eigenvalue weighted by molar-refractivity contribution is 7.98. The second-order valence-electron chi connectivity index (χ2n) is 3.23. The summed E-state index contributed by atoms with van der Waals surface area (Å²) in [6.07, 6.45) is 3.03. The molecular formula is C12H15NO2S2. The highest BCUT2D eigenvalue weighted by Gasteiger charge is 2.07. The third-order valence-electron chi connectivity index (χ3n) is 1.93. The Morgan fingerprint density at radius 1 is 1.59 bits per heavy atom. The van der Waals surface area contributed by atoms with E-state index in [0.717, 1.165) is 17.1 Å². The fraction of sp³-hybridized carbons (Fsp3) is 0.417. The van der Waals surface area contributed by atoms with Gasteiger partial charge in [0, 0.05) is 6.54 Å². The zero-order valence-corrected chi connectivity index (χ0v) is 11.3. The molecule has 0 aliphatic carbocycles. The molecule has 0 fully saturated rings. The zero-order chi connectivity index (χ0) is 12.5. The maximum Gasteiger partial charge on any atom is 0.261 e. The highest BCUT2D eigenvalue weighted by Crippen LogP contribution is 2.15. The van der Waals surface area contributed by atoms with Gasteiger partial charge in [0.25, 0.3) is 5.91 Å². The van der Waals surface area contributed by atoms with Crippen molar-refractivity contribution in [2.45, 2.75) is 6.42 Å². The lowest BCUT2D eigenvalue weighted by Gasteiger charge is -2.01. The lowest BCUT2D eigenvalue weighted by molar-refractivity contribution is 0.0958. The summed E-state index contributed by atoms with van der Waals surface area (Å²) >= 11 is 3.11. The van der Waals surface area contributed by atoms with E-state index in [4.69, 9.17) is 5.11 Å². The SMILES string of the molecule is CSCCCNC(=O)c1ccc(C#CCO)s1. The van der Waals surface area contributed by atoms with E-state index < -0.39 is 0 Å². The second-order valence-corrected chi connectivity index (χ2v) is 5.30. The normalized spacial score (nSPS) is 9.53. The van der Waals surface area contributed by atoms with Gasteiger partial charge < -0.3 is 10.4 Å². The molecule has 3 nitrogen and oxygen atoms in total. The Kier molecular flexibility index (Phi) is 6.78. The molecule has 0 atom stereocenters. The van der Waals surface area contributed by atoms with Gasteiger partial charge in [-0.15, -0.1) is 11.3 Å². The Bertz CT molecular complexity index is 418. The predicted octanol–water partition coefficient (Wildman–Crippen LogP) is 1.57. The maximum atomic E-state index is 11.7. The summed E-state index contributed by atoms with van der Waals surface area (Å²) in [4.78, 5) is 13.2. The van der Waals surface area contributed by atoms with Crippen molar-refractivity contribution >= 4 is 29.0 Å². The minimum absolute atomic E-state index is 0.0480. The van der Waals surface area contributed by atoms with Crippen LogP contribution >= 0.6 is 23.1 Å². The van der Waals surface area contributed by atoms with Crippen LogP contribution in [0, 0.1) is 11.8 Å². The third kappa shape index (κ3) is 5.26. The molecule has 0 saturated carbocycles. The maximum absolute atomic E-state index is 11.7. The summed E-state index contributed by atoms with van der Waals surface area (Å²) in [6, 6.07) is 3.56. The fourth-order valence-electron chi connectivity index (χ4n) is 1.16. The molecule has 92 valence electrons. The largest absolute Gasteiger partial charge is 0.384 e. The van der Waals surface area contributed by atoms with E-state index in [0.29, 0.717) is 11.4 Å². The van der Waals surface area contributed by atoms with Crippen molar-refractivity contribution in [3.8, 4) is 11.8 Å². The van der Waals surface area contributed by atoms with Gasteiger partial charge in [0.1, 0.15) is 6.61 Å². The summed E-state index contributed by atoms with van der Waals surface area (Å²) in [5, 5.41) is 11.4. The van der Waals surface area contributed by atoms with Gasteiger partial charge >= 0.3 is 0 Å². The fourth-order valence-corrected chi connectivity index (χ4v) is 2.39. The number of aliphatic hydroxyl groups excluding tert-OH is 1. The molecule has 17 heavy (non-hydrogen) atoms. The van der Waals surface area contributed by atoms with E-state index >= 15 is 0 Å². The van der Waals surface area contributed by atoms with E-state index in [1.54, 1.807) is 23.9 Å². The summed E-state index contributed by atoms with van der Waals surface area (Å²) < 4.78 is 0. The molecule has 0 unspecified atom stereocenters. The first-order valence-electron chi connectivity index (χ1n) is 5.24. The third-order valence-corrected chi connectivity index (χ3v) is 3.63. The molecule has 5 heteroatoms. The van der Waals surface area contributed by atoms with Crippen LogP contribution in [0.5, 0.6) is 0 Å². The number of thiophene rings is 1. The van der Waals surface area contributed by atoms with Gasteiger partial charge in [0.05, 0.1) is 9.75 Å². The first kappa shape index (κ1) is 14.1. The summed E-state index contributed by atoms with van der Waals surface area (Å²) in [6.45, 7) is 0.545. The Morgan fingerprint density at radius 2 is 2.41 bits per heavy atom. The first-order chi connectivity index (χ1) is 8.27. The number of thioether (sulfide) groups is 1. The van der Waals surface area contributed by atoms with Gasteiger partial charge in [0.15, 0.2) is 0 Å². The van der Waals surface area contributed by atoms with Crippen molar-refractivity contribution in [3.63, 3.8) is 0 Å². The number of rotatable bonds is 5. The van der Waals surface area contributed by atoms with Gasteiger partial charge in [-0.25, -0.2) is 0 Å². The second kappa shape index (κ2) is 8.18. The smallest absolute Gasteiger partial charge is 0.261 e. The highest BCUT2D eigenvalue weighted by atomic mass is 32.2. The van der Waals surface area contributed by atoms with Crippen molar-refractivity contribution in [2.75, 3.05) is 25.2 Å². The van der Waals surface area contributed by atoms with Crippen LogP contribution in [0.25, 0.3) is 0 Å². The standard InChI is InChI=1S/C12H15NO2S2/c1-16-9-3-7-13-12(15)11-6-5-10(17-11)4-2-8-14/h5-6,14H,3,7-9H2,1H3,(H,13,15). The van der Waals surface area contributed by atoms with Crippen molar-refractivity contribution in [3.05, 3.63) is 21.9 Å². The molecule has 1 aromatic heterocycles. The number of hydrogen-bond donors (Lipinski definition) is 2. The van der Waals surface area contributed by atoms with Crippen LogP contribution in [-0.2, 0) is 0 Å². The molecule has 2 N–H and O–H groups in total. The molecule has 1 amide bonds. The Morgan fingerprint density at radius 3 is 3.12 bits per heavy atom. The van der Waals surface area contributed by atoms with Crippen molar-refractivity contribution < 1.29 is 9.90 Å². The summed E-state index contributed by atoms with van der Waals surface area (Å²) in [7, 11) is 0. The Hall–Kier alpha value is -0.960. The van der Waals surface area contributed by atoms with Gasteiger partial charge in [-0.05, 0) is 30.6 Å². The van der Waals surface area contributed by atoms with Crippen LogP contribution in [-0.4, -0.2) is 36.2 Å². The average molecular weight is 269 g/mol. The zero-order valence-electron chi connectivity index (χ0n) is 9.66. The monoisotopic (exact) mass is 269 g/mol. The minimum Gasteiger partial charge on any atom is -0.384 e. The topological polar surface area (TPSA) is 49.3 Å². The van der Waals surface area contributed by atoms with Gasteiger partial charge in [0.2, 0.25) is 0 Å². The number of carbonyl (C=O) groups excluding carboxylic acids is 1. The summed E-state index contributed by atoms with van der Waals surface area (Å²) in [5.74, 6) is 6.34. The van der Waals surface area contributed by atoms with E-state index in [-0.39, 0.29) is 12.5 Å². The van der Waals surface area contributed by atoms with Gasteiger partial charge in [-0.3, -0.25) is 4.79 Å². The van der Waals surface area contributed by atoms with E-state index in [1.165, 1.54) is 11.3 Å². The molecule has 0 aliphatic heterocycles. The summed E-state index contributed by atoms with van der Waals surface area (Å²) in [5.41, 5.74) is 0. The Labute approximate surface area is 110 Å². The molecule has 1 rings (SSSR count). The number of carbonyl (C=O) groups is 1. The number of amides is 1. The first-order valence-corrected chi connectivity index (χ1v) is 7.45. The van der Waals surface area contributed by atoms with Crippen LogP contribution in [0.15, 0.2) is 12.1 Å². The molecule has 0 aromatic carbocycles. The number of hydrogen-bond acceptors (Lipinski definition) is 4. The van der Waals surface area contributed by atoms with Crippen molar-refractivity contribution in [2.24, 2.45) is 0 Å². The predicted molar refractivity (Wildman–Crippen MR) is 73.6 cm³/mol. The quantitative estimate of drug-likeness (QED) is 0.630. The molecule has 1 aromatic rings. The van der Waals surface area contributed by atoms with Gasteiger partial charge in [-0.2, -0.15) is 11.8 Å². The van der Waals surface area contributed by atoms with Crippen LogP contribution < -0.4 is 5.32 Å². The minimum atomic E-state index is -0.159.